The normalized spacial score (nSPS) is 15.6. The zero-order valence-corrected chi connectivity index (χ0v) is 16.9. The standard InChI is InChI=1S/C21H26ClN3O2/c1-21(2,3)18-8-9-19(24-23-18)27-14-15-10-12-25(13-11-15)20(26)16-4-6-17(22)7-5-16/h4-9,15H,10-14H2,1-3H3. The highest BCUT2D eigenvalue weighted by molar-refractivity contribution is 6.30. The number of ether oxygens (including phenoxy) is 1. The first kappa shape index (κ1) is 19.6. The van der Waals surface area contributed by atoms with Crippen LogP contribution in [0.1, 0.15) is 49.7 Å². The van der Waals surface area contributed by atoms with Crippen LogP contribution in [-0.2, 0) is 5.41 Å². The van der Waals surface area contributed by atoms with Gasteiger partial charge >= 0.3 is 0 Å². The lowest BCUT2D eigenvalue weighted by molar-refractivity contribution is 0.0659. The van der Waals surface area contributed by atoms with Crippen LogP contribution in [0, 0.1) is 5.92 Å². The van der Waals surface area contributed by atoms with Gasteiger partial charge in [0.05, 0.1) is 12.3 Å². The molecule has 0 N–H and O–H groups in total. The van der Waals surface area contributed by atoms with Crippen molar-refractivity contribution in [2.75, 3.05) is 19.7 Å². The summed E-state index contributed by atoms with van der Waals surface area (Å²) in [6, 6.07) is 10.9. The molecule has 1 aliphatic heterocycles. The fourth-order valence-electron chi connectivity index (χ4n) is 3.08. The number of likely N-dealkylation sites (tertiary alicyclic amines) is 1. The topological polar surface area (TPSA) is 55.3 Å². The van der Waals surface area contributed by atoms with Crippen LogP contribution in [0.3, 0.4) is 0 Å². The maximum absolute atomic E-state index is 12.5. The molecule has 0 spiro atoms. The quantitative estimate of drug-likeness (QED) is 0.782. The second kappa shape index (κ2) is 8.26. The average Bonchev–Trinajstić information content (AvgIpc) is 2.66. The average molecular weight is 388 g/mol. The van der Waals surface area contributed by atoms with Crippen molar-refractivity contribution in [3.63, 3.8) is 0 Å². The number of aromatic nitrogens is 2. The van der Waals surface area contributed by atoms with Crippen LogP contribution >= 0.6 is 11.6 Å². The Bertz CT molecular complexity index is 762. The minimum atomic E-state index is -0.0189. The summed E-state index contributed by atoms with van der Waals surface area (Å²) in [5.41, 5.74) is 1.61. The van der Waals surface area contributed by atoms with Gasteiger partial charge in [-0.15, -0.1) is 5.10 Å². The van der Waals surface area contributed by atoms with Gasteiger partial charge in [-0.1, -0.05) is 32.4 Å². The Kier molecular flexibility index (Phi) is 6.00. The molecule has 1 fully saturated rings. The first-order valence-electron chi connectivity index (χ1n) is 9.35. The summed E-state index contributed by atoms with van der Waals surface area (Å²) in [4.78, 5) is 14.4. The van der Waals surface area contributed by atoms with Gasteiger partial charge in [0.25, 0.3) is 5.91 Å². The molecular formula is C21H26ClN3O2. The number of amides is 1. The number of benzene rings is 1. The minimum Gasteiger partial charge on any atom is -0.476 e. The van der Waals surface area contributed by atoms with Crippen molar-refractivity contribution in [3.05, 3.63) is 52.7 Å². The van der Waals surface area contributed by atoms with Crippen molar-refractivity contribution in [2.45, 2.75) is 39.0 Å². The minimum absolute atomic E-state index is 0.0189. The van der Waals surface area contributed by atoms with E-state index in [9.17, 15) is 4.79 Å². The second-order valence-corrected chi connectivity index (χ2v) is 8.50. The van der Waals surface area contributed by atoms with Crippen LogP contribution in [0.4, 0.5) is 0 Å². The van der Waals surface area contributed by atoms with Gasteiger partial charge in [0.1, 0.15) is 0 Å². The molecule has 0 radical (unpaired) electrons. The Morgan fingerprint density at radius 3 is 2.33 bits per heavy atom. The summed E-state index contributed by atoms with van der Waals surface area (Å²) in [6.45, 7) is 8.41. The molecule has 0 aliphatic carbocycles. The van der Waals surface area contributed by atoms with Crippen molar-refractivity contribution in [1.82, 2.24) is 15.1 Å². The highest BCUT2D eigenvalue weighted by Crippen LogP contribution is 2.22. The van der Waals surface area contributed by atoms with Gasteiger partial charge < -0.3 is 9.64 Å². The molecule has 144 valence electrons. The molecular weight excluding hydrogens is 362 g/mol. The Labute approximate surface area is 165 Å². The van der Waals surface area contributed by atoms with E-state index in [1.807, 2.05) is 17.0 Å². The lowest BCUT2D eigenvalue weighted by atomic mass is 9.92. The lowest BCUT2D eigenvalue weighted by Gasteiger charge is -2.31. The van der Waals surface area contributed by atoms with E-state index in [0.717, 1.165) is 31.6 Å². The van der Waals surface area contributed by atoms with E-state index in [0.29, 0.717) is 29.0 Å². The third-order valence-corrected chi connectivity index (χ3v) is 5.12. The number of carbonyl (C=O) groups is 1. The molecule has 3 rings (SSSR count). The van der Waals surface area contributed by atoms with E-state index in [-0.39, 0.29) is 11.3 Å². The molecule has 1 aromatic carbocycles. The Morgan fingerprint density at radius 1 is 1.11 bits per heavy atom. The van der Waals surface area contributed by atoms with E-state index in [2.05, 4.69) is 31.0 Å². The number of hydrogen-bond acceptors (Lipinski definition) is 4. The Hall–Kier alpha value is -2.14. The monoisotopic (exact) mass is 387 g/mol. The summed E-state index contributed by atoms with van der Waals surface area (Å²) < 4.78 is 5.81. The molecule has 0 bridgehead atoms. The van der Waals surface area contributed by atoms with Gasteiger partial charge in [0.2, 0.25) is 5.88 Å². The van der Waals surface area contributed by atoms with Crippen LogP contribution in [-0.4, -0.2) is 40.7 Å². The van der Waals surface area contributed by atoms with E-state index in [1.54, 1.807) is 24.3 Å². The molecule has 1 aromatic heterocycles. The van der Waals surface area contributed by atoms with Gasteiger partial charge in [-0.2, -0.15) is 5.10 Å². The molecule has 5 nitrogen and oxygen atoms in total. The fraction of sp³-hybridized carbons (Fsp3) is 0.476. The molecule has 0 atom stereocenters. The number of hydrogen-bond donors (Lipinski definition) is 0. The second-order valence-electron chi connectivity index (χ2n) is 8.06. The Morgan fingerprint density at radius 2 is 1.78 bits per heavy atom. The molecule has 1 amide bonds. The third-order valence-electron chi connectivity index (χ3n) is 4.87. The smallest absolute Gasteiger partial charge is 0.253 e. The van der Waals surface area contributed by atoms with Crippen molar-refractivity contribution in [2.24, 2.45) is 5.92 Å². The number of halogens is 1. The van der Waals surface area contributed by atoms with Crippen molar-refractivity contribution in [1.29, 1.82) is 0 Å². The number of nitrogens with zero attached hydrogens (tertiary/aromatic N) is 3. The van der Waals surface area contributed by atoms with Crippen molar-refractivity contribution >= 4 is 17.5 Å². The highest BCUT2D eigenvalue weighted by atomic mass is 35.5. The number of piperidine rings is 1. The van der Waals surface area contributed by atoms with Gasteiger partial charge in [0, 0.05) is 35.2 Å². The van der Waals surface area contributed by atoms with Crippen LogP contribution in [0.2, 0.25) is 5.02 Å². The van der Waals surface area contributed by atoms with E-state index in [1.165, 1.54) is 0 Å². The molecule has 6 heteroatoms. The first-order valence-corrected chi connectivity index (χ1v) is 9.72. The summed E-state index contributed by atoms with van der Waals surface area (Å²) in [5.74, 6) is 1.04. The van der Waals surface area contributed by atoms with Gasteiger partial charge in [-0.3, -0.25) is 4.79 Å². The Balaban J connectivity index is 1.47. The summed E-state index contributed by atoms with van der Waals surface area (Å²) in [5, 5.41) is 9.06. The van der Waals surface area contributed by atoms with Gasteiger partial charge in [-0.25, -0.2) is 0 Å². The van der Waals surface area contributed by atoms with Crippen LogP contribution in [0.15, 0.2) is 36.4 Å². The fourth-order valence-corrected chi connectivity index (χ4v) is 3.20. The SMILES string of the molecule is CC(C)(C)c1ccc(OCC2CCN(C(=O)c3ccc(Cl)cc3)CC2)nn1. The molecule has 1 saturated heterocycles. The number of rotatable bonds is 4. The zero-order valence-electron chi connectivity index (χ0n) is 16.1. The number of carbonyl (C=O) groups excluding carboxylic acids is 1. The molecule has 0 saturated carbocycles. The molecule has 27 heavy (non-hydrogen) atoms. The van der Waals surface area contributed by atoms with Crippen molar-refractivity contribution in [3.8, 4) is 5.88 Å². The molecule has 0 unspecified atom stereocenters. The first-order chi connectivity index (χ1) is 12.8. The van der Waals surface area contributed by atoms with E-state index >= 15 is 0 Å². The van der Waals surface area contributed by atoms with E-state index in [4.69, 9.17) is 16.3 Å². The largest absolute Gasteiger partial charge is 0.476 e. The lowest BCUT2D eigenvalue weighted by Crippen LogP contribution is -2.39. The molecule has 2 heterocycles. The van der Waals surface area contributed by atoms with Crippen molar-refractivity contribution < 1.29 is 9.53 Å². The maximum atomic E-state index is 12.5. The predicted molar refractivity (Wildman–Crippen MR) is 106 cm³/mol. The van der Waals surface area contributed by atoms with E-state index < -0.39 is 0 Å². The predicted octanol–water partition coefficient (Wildman–Crippen LogP) is 4.36. The van der Waals surface area contributed by atoms with Crippen LogP contribution < -0.4 is 4.74 Å². The maximum Gasteiger partial charge on any atom is 0.253 e. The van der Waals surface area contributed by atoms with Gasteiger partial charge in [-0.05, 0) is 49.1 Å². The third kappa shape index (κ3) is 5.19. The van der Waals surface area contributed by atoms with Crippen LogP contribution in [0.25, 0.3) is 0 Å². The summed E-state index contributed by atoms with van der Waals surface area (Å²) >= 11 is 5.89. The summed E-state index contributed by atoms with van der Waals surface area (Å²) in [6.07, 6.45) is 1.85. The summed E-state index contributed by atoms with van der Waals surface area (Å²) in [7, 11) is 0. The van der Waals surface area contributed by atoms with Crippen LogP contribution in [0.5, 0.6) is 5.88 Å². The molecule has 1 aliphatic rings. The highest BCUT2D eigenvalue weighted by Gasteiger charge is 2.24. The zero-order chi connectivity index (χ0) is 19.4. The molecule has 2 aromatic rings. The van der Waals surface area contributed by atoms with Gasteiger partial charge in [0.15, 0.2) is 0 Å².